The van der Waals surface area contributed by atoms with E-state index >= 15 is 0 Å². The summed E-state index contributed by atoms with van der Waals surface area (Å²) in [6.07, 6.45) is 1.64. The van der Waals surface area contributed by atoms with Crippen LogP contribution in [0.15, 0.2) is 77.4 Å². The van der Waals surface area contributed by atoms with Crippen molar-refractivity contribution >= 4 is 0 Å². The fourth-order valence-electron chi connectivity index (χ4n) is 3.88. The van der Waals surface area contributed by atoms with Crippen molar-refractivity contribution in [2.24, 2.45) is 0 Å². The number of pyridine rings is 1. The molecule has 0 spiro atoms. The Kier molecular flexibility index (Phi) is 6.10. The van der Waals surface area contributed by atoms with Gasteiger partial charge in [0.15, 0.2) is 0 Å². The second kappa shape index (κ2) is 9.48. The number of rotatable bonds is 6. The van der Waals surface area contributed by atoms with Crippen LogP contribution in [0.5, 0.6) is 11.6 Å². The lowest BCUT2D eigenvalue weighted by atomic mass is 10.0. The van der Waals surface area contributed by atoms with Gasteiger partial charge in [0.2, 0.25) is 17.6 Å². The van der Waals surface area contributed by atoms with Gasteiger partial charge >= 0.3 is 0 Å². The topological polar surface area (TPSA) is 67.5 Å². The molecule has 1 saturated heterocycles. The van der Waals surface area contributed by atoms with Gasteiger partial charge in [0.05, 0.1) is 0 Å². The number of benzene rings is 2. The lowest BCUT2D eigenvalue weighted by molar-refractivity contribution is 0.111. The lowest BCUT2D eigenvalue weighted by Gasteiger charge is -2.36. The quantitative estimate of drug-likeness (QED) is 0.436. The predicted molar refractivity (Wildman–Crippen MR) is 121 cm³/mol. The first-order chi connectivity index (χ1) is 16.2. The molecule has 1 aliphatic heterocycles. The molecule has 168 valence electrons. The molecule has 0 amide bonds. The maximum absolute atomic E-state index is 13.1. The van der Waals surface area contributed by atoms with Crippen molar-refractivity contribution in [2.75, 3.05) is 33.2 Å². The molecule has 33 heavy (non-hydrogen) atoms. The molecule has 0 radical (unpaired) electrons. The summed E-state index contributed by atoms with van der Waals surface area (Å²) in [5, 5.41) is 4.22. The molecule has 1 unspecified atom stereocenters. The van der Waals surface area contributed by atoms with Crippen molar-refractivity contribution in [1.29, 1.82) is 0 Å². The normalized spacial score (nSPS) is 15.9. The standard InChI is InChI=1S/C25H24FN5O2/c1-30-13-15-31(16-14-30)23(18-5-3-2-4-6-18)25-28-24(29-33-25)19-7-12-22(27-17-19)32-21-10-8-20(26)9-11-21/h2-12,17,23H,13-16H2,1H3. The van der Waals surface area contributed by atoms with E-state index in [0.717, 1.165) is 37.3 Å². The highest BCUT2D eigenvalue weighted by Crippen LogP contribution is 2.30. The fraction of sp³-hybridized carbons (Fsp3) is 0.240. The SMILES string of the molecule is CN1CCN(C(c2ccccc2)c2nc(-c3ccc(Oc4ccc(F)cc4)nc3)no2)CC1. The van der Waals surface area contributed by atoms with Gasteiger partial charge in [0.25, 0.3) is 0 Å². The van der Waals surface area contributed by atoms with E-state index in [1.165, 1.54) is 12.1 Å². The molecule has 0 N–H and O–H groups in total. The Morgan fingerprint density at radius 2 is 1.70 bits per heavy atom. The summed E-state index contributed by atoms with van der Waals surface area (Å²) >= 11 is 0. The van der Waals surface area contributed by atoms with Gasteiger partial charge in [-0.15, -0.1) is 0 Å². The van der Waals surface area contributed by atoms with Crippen LogP contribution >= 0.6 is 0 Å². The molecule has 7 nitrogen and oxygen atoms in total. The fourth-order valence-corrected chi connectivity index (χ4v) is 3.88. The third kappa shape index (κ3) is 4.92. The van der Waals surface area contributed by atoms with E-state index in [1.54, 1.807) is 24.4 Å². The van der Waals surface area contributed by atoms with Crippen LogP contribution in [0.4, 0.5) is 4.39 Å². The summed E-state index contributed by atoms with van der Waals surface area (Å²) in [6, 6.07) is 19.5. The number of aromatic nitrogens is 3. The Morgan fingerprint density at radius 3 is 2.39 bits per heavy atom. The average molecular weight is 445 g/mol. The number of hydrogen-bond acceptors (Lipinski definition) is 7. The first-order valence-corrected chi connectivity index (χ1v) is 10.9. The van der Waals surface area contributed by atoms with Crippen molar-refractivity contribution < 1.29 is 13.7 Å². The monoisotopic (exact) mass is 445 g/mol. The molecule has 1 atom stereocenters. The second-order valence-electron chi connectivity index (χ2n) is 8.05. The molecule has 2 aromatic heterocycles. The number of nitrogens with zero attached hydrogens (tertiary/aromatic N) is 5. The van der Waals surface area contributed by atoms with Crippen LogP contribution in [0, 0.1) is 5.82 Å². The Balaban J connectivity index is 1.36. The molecule has 1 fully saturated rings. The smallest absolute Gasteiger partial charge is 0.248 e. The van der Waals surface area contributed by atoms with Crippen LogP contribution in [-0.2, 0) is 0 Å². The minimum absolute atomic E-state index is 0.102. The number of piperazine rings is 1. The van der Waals surface area contributed by atoms with E-state index in [0.29, 0.717) is 23.3 Å². The highest BCUT2D eigenvalue weighted by Gasteiger charge is 2.30. The summed E-state index contributed by atoms with van der Waals surface area (Å²) < 4.78 is 24.5. The zero-order valence-electron chi connectivity index (χ0n) is 18.3. The molecule has 0 bridgehead atoms. The Bertz CT molecular complexity index is 1170. The zero-order valence-corrected chi connectivity index (χ0v) is 18.3. The molecule has 8 heteroatoms. The van der Waals surface area contributed by atoms with Crippen molar-refractivity contribution in [2.45, 2.75) is 6.04 Å². The van der Waals surface area contributed by atoms with Crippen molar-refractivity contribution in [3.05, 3.63) is 90.2 Å². The number of ether oxygens (including phenoxy) is 1. The van der Waals surface area contributed by atoms with E-state index in [1.807, 2.05) is 24.3 Å². The van der Waals surface area contributed by atoms with Crippen LogP contribution in [-0.4, -0.2) is 58.2 Å². The minimum Gasteiger partial charge on any atom is -0.439 e. The molecule has 3 heterocycles. The van der Waals surface area contributed by atoms with Gasteiger partial charge in [-0.2, -0.15) is 4.98 Å². The van der Waals surface area contributed by atoms with Crippen molar-refractivity contribution in [1.82, 2.24) is 24.9 Å². The van der Waals surface area contributed by atoms with Crippen LogP contribution < -0.4 is 4.74 Å². The summed E-state index contributed by atoms with van der Waals surface area (Å²) in [7, 11) is 2.14. The van der Waals surface area contributed by atoms with Crippen LogP contribution in [0.3, 0.4) is 0 Å². The Labute approximate surface area is 191 Å². The van der Waals surface area contributed by atoms with Gasteiger partial charge in [-0.05, 0) is 42.9 Å². The molecule has 0 aliphatic carbocycles. The molecule has 2 aromatic carbocycles. The number of halogens is 1. The third-order valence-electron chi connectivity index (χ3n) is 5.72. The van der Waals surface area contributed by atoms with Gasteiger partial charge in [-0.1, -0.05) is 35.5 Å². The van der Waals surface area contributed by atoms with E-state index in [9.17, 15) is 4.39 Å². The molecule has 1 aliphatic rings. The van der Waals surface area contributed by atoms with E-state index < -0.39 is 0 Å². The summed E-state index contributed by atoms with van der Waals surface area (Å²) in [6.45, 7) is 3.82. The van der Waals surface area contributed by atoms with Crippen molar-refractivity contribution in [3.8, 4) is 23.0 Å². The zero-order chi connectivity index (χ0) is 22.6. The number of likely N-dealkylation sites (N-methyl/N-ethyl adjacent to an activating group) is 1. The third-order valence-corrected chi connectivity index (χ3v) is 5.72. The van der Waals surface area contributed by atoms with E-state index in [2.05, 4.69) is 39.1 Å². The van der Waals surface area contributed by atoms with Gasteiger partial charge in [0.1, 0.15) is 17.6 Å². The summed E-state index contributed by atoms with van der Waals surface area (Å²) in [5.41, 5.74) is 1.85. The van der Waals surface area contributed by atoms with Crippen LogP contribution in [0.2, 0.25) is 0 Å². The van der Waals surface area contributed by atoms with Gasteiger partial charge in [0, 0.05) is 44.0 Å². The van der Waals surface area contributed by atoms with Gasteiger partial charge in [-0.3, -0.25) is 4.90 Å². The largest absolute Gasteiger partial charge is 0.439 e. The van der Waals surface area contributed by atoms with Crippen molar-refractivity contribution in [3.63, 3.8) is 0 Å². The van der Waals surface area contributed by atoms with Crippen LogP contribution in [0.1, 0.15) is 17.5 Å². The highest BCUT2D eigenvalue weighted by molar-refractivity contribution is 5.53. The Hall–Kier alpha value is -3.62. The first kappa shape index (κ1) is 21.2. The molecular weight excluding hydrogens is 421 g/mol. The maximum atomic E-state index is 13.1. The van der Waals surface area contributed by atoms with E-state index in [4.69, 9.17) is 14.2 Å². The lowest BCUT2D eigenvalue weighted by Crippen LogP contribution is -2.46. The second-order valence-corrected chi connectivity index (χ2v) is 8.05. The maximum Gasteiger partial charge on any atom is 0.248 e. The summed E-state index contributed by atoms with van der Waals surface area (Å²) in [5.74, 6) is 1.63. The van der Waals surface area contributed by atoms with Gasteiger partial charge in [-0.25, -0.2) is 9.37 Å². The molecule has 0 saturated carbocycles. The summed E-state index contributed by atoms with van der Waals surface area (Å²) in [4.78, 5) is 13.7. The predicted octanol–water partition coefficient (Wildman–Crippen LogP) is 4.40. The molecular formula is C25H24FN5O2. The van der Waals surface area contributed by atoms with Crippen LogP contribution in [0.25, 0.3) is 11.4 Å². The van der Waals surface area contributed by atoms with Gasteiger partial charge < -0.3 is 14.2 Å². The minimum atomic E-state index is -0.316. The average Bonchev–Trinajstić information content (AvgIpc) is 3.33. The molecule has 4 aromatic rings. The Morgan fingerprint density at radius 1 is 0.939 bits per heavy atom. The first-order valence-electron chi connectivity index (χ1n) is 10.9. The highest BCUT2D eigenvalue weighted by atomic mass is 19.1. The molecule has 5 rings (SSSR count). The number of hydrogen-bond donors (Lipinski definition) is 0. The van der Waals surface area contributed by atoms with E-state index in [-0.39, 0.29) is 11.9 Å².